The van der Waals surface area contributed by atoms with E-state index >= 15 is 0 Å². The highest BCUT2D eigenvalue weighted by Gasteiger charge is 2.56. The number of aryl methyl sites for hydroxylation is 1. The average molecular weight is 495 g/mol. The Morgan fingerprint density at radius 2 is 1.52 bits per heavy atom. The van der Waals surface area contributed by atoms with Gasteiger partial charge >= 0.3 is 12.1 Å². The Labute approximate surface area is 187 Å². The molecule has 2 N–H and O–H groups in total. The number of carbonyl (C=O) groups is 1. The molecular formula is C21H22F5NO5S. The third-order valence-corrected chi connectivity index (χ3v) is 7.10. The van der Waals surface area contributed by atoms with Gasteiger partial charge in [0.2, 0.25) is 0 Å². The summed E-state index contributed by atoms with van der Waals surface area (Å²) in [6.45, 7) is -0.0311. The van der Waals surface area contributed by atoms with Gasteiger partial charge < -0.3 is 4.74 Å². The van der Waals surface area contributed by atoms with Crippen LogP contribution in [0.4, 0.5) is 22.0 Å². The second-order valence-electron chi connectivity index (χ2n) is 7.21. The lowest BCUT2D eigenvalue weighted by Gasteiger charge is -2.19. The Hall–Kier alpha value is -2.57. The van der Waals surface area contributed by atoms with Crippen molar-refractivity contribution in [2.24, 2.45) is 0 Å². The fourth-order valence-electron chi connectivity index (χ4n) is 3.03. The van der Waals surface area contributed by atoms with Gasteiger partial charge in [0.25, 0.3) is 5.91 Å². The van der Waals surface area contributed by atoms with Crippen LogP contribution in [0.3, 0.4) is 0 Å². The molecule has 0 aliphatic heterocycles. The van der Waals surface area contributed by atoms with E-state index in [1.807, 2.05) is 0 Å². The van der Waals surface area contributed by atoms with E-state index in [1.54, 1.807) is 0 Å². The molecule has 0 saturated carbocycles. The number of hydroxylamine groups is 1. The first-order valence-corrected chi connectivity index (χ1v) is 11.2. The Morgan fingerprint density at radius 3 is 1.97 bits per heavy atom. The molecule has 182 valence electrons. The molecule has 0 aromatic heterocycles. The molecule has 33 heavy (non-hydrogen) atoms. The van der Waals surface area contributed by atoms with Crippen molar-refractivity contribution < 1.29 is 45.1 Å². The van der Waals surface area contributed by atoms with Crippen molar-refractivity contribution >= 4 is 15.7 Å². The number of halogens is 5. The summed E-state index contributed by atoms with van der Waals surface area (Å²) in [6, 6.07) is 11.3. The lowest BCUT2D eigenvalue weighted by molar-refractivity contribution is -0.284. The lowest BCUT2D eigenvalue weighted by Crippen LogP contribution is -2.39. The summed E-state index contributed by atoms with van der Waals surface area (Å²) in [4.78, 5) is 11.7. The second-order valence-corrected chi connectivity index (χ2v) is 9.35. The van der Waals surface area contributed by atoms with Crippen LogP contribution in [0.5, 0.6) is 0 Å². The Bertz CT molecular complexity index is 1040. The predicted molar refractivity (Wildman–Crippen MR) is 109 cm³/mol. The van der Waals surface area contributed by atoms with E-state index in [0.717, 1.165) is 0 Å². The second kappa shape index (κ2) is 10.6. The van der Waals surface area contributed by atoms with Crippen molar-refractivity contribution in [1.29, 1.82) is 0 Å². The first-order chi connectivity index (χ1) is 15.3. The third-order valence-electron chi connectivity index (χ3n) is 4.97. The lowest BCUT2D eigenvalue weighted by atomic mass is 10.0. The molecule has 1 amide bonds. The number of hydrogen-bond acceptors (Lipinski definition) is 5. The van der Waals surface area contributed by atoms with Gasteiger partial charge in [-0.15, -0.1) is 0 Å². The average Bonchev–Trinajstić information content (AvgIpc) is 2.77. The molecular weight excluding hydrogens is 473 g/mol. The molecule has 0 aliphatic rings. The van der Waals surface area contributed by atoms with Crippen molar-refractivity contribution in [1.82, 2.24) is 5.48 Å². The SMILES string of the molecule is COCCC(C(=O)NO)S(=O)(=O)c1ccc(-c2ccc(CCC(F)(F)C(F)(F)F)cc2)cc1. The van der Waals surface area contributed by atoms with E-state index in [-0.39, 0.29) is 23.5 Å². The number of carbonyl (C=O) groups excluding carboxylic acids is 1. The number of hydrogen-bond donors (Lipinski definition) is 2. The number of nitrogens with one attached hydrogen (secondary N) is 1. The van der Waals surface area contributed by atoms with Crippen molar-refractivity contribution in [3.8, 4) is 11.1 Å². The molecule has 6 nitrogen and oxygen atoms in total. The van der Waals surface area contributed by atoms with Crippen LogP contribution in [-0.2, 0) is 25.8 Å². The van der Waals surface area contributed by atoms with E-state index in [1.165, 1.54) is 61.1 Å². The summed E-state index contributed by atoms with van der Waals surface area (Å²) in [5, 5.41) is 7.28. The molecule has 1 atom stereocenters. The van der Waals surface area contributed by atoms with Crippen LogP contribution in [0.15, 0.2) is 53.4 Å². The van der Waals surface area contributed by atoms with Crippen LogP contribution in [0, 0.1) is 0 Å². The van der Waals surface area contributed by atoms with Crippen LogP contribution in [-0.4, -0.2) is 50.6 Å². The normalized spacial score (nSPS) is 13.5. The number of rotatable bonds is 10. The summed E-state index contributed by atoms with van der Waals surface area (Å²) in [5.41, 5.74) is 2.76. The summed E-state index contributed by atoms with van der Waals surface area (Å²) in [5.74, 6) is -5.87. The van der Waals surface area contributed by atoms with Gasteiger partial charge in [0, 0.05) is 20.1 Å². The van der Waals surface area contributed by atoms with Crippen molar-refractivity contribution in [3.63, 3.8) is 0 Å². The van der Waals surface area contributed by atoms with E-state index < -0.39 is 45.9 Å². The minimum Gasteiger partial charge on any atom is -0.385 e. The molecule has 0 bridgehead atoms. The van der Waals surface area contributed by atoms with Gasteiger partial charge in [-0.05, 0) is 41.7 Å². The maximum atomic E-state index is 13.1. The van der Waals surface area contributed by atoms with Gasteiger partial charge in [0.1, 0.15) is 5.25 Å². The van der Waals surface area contributed by atoms with E-state index in [0.29, 0.717) is 11.1 Å². The molecule has 0 spiro atoms. The van der Waals surface area contributed by atoms with Gasteiger partial charge in [0.15, 0.2) is 9.84 Å². The van der Waals surface area contributed by atoms with E-state index in [4.69, 9.17) is 9.94 Å². The summed E-state index contributed by atoms with van der Waals surface area (Å²) in [7, 11) is -2.80. The first-order valence-electron chi connectivity index (χ1n) is 9.64. The van der Waals surface area contributed by atoms with Crippen LogP contribution in [0.1, 0.15) is 18.4 Å². The van der Waals surface area contributed by atoms with Crippen LogP contribution < -0.4 is 5.48 Å². The van der Waals surface area contributed by atoms with Crippen LogP contribution >= 0.6 is 0 Å². The van der Waals surface area contributed by atoms with Crippen LogP contribution in [0.2, 0.25) is 0 Å². The molecule has 0 aliphatic carbocycles. The van der Waals surface area contributed by atoms with E-state index in [9.17, 15) is 35.2 Å². The monoisotopic (exact) mass is 495 g/mol. The number of ether oxygens (including phenoxy) is 1. The maximum Gasteiger partial charge on any atom is 0.453 e. The molecule has 2 aromatic rings. The van der Waals surface area contributed by atoms with Gasteiger partial charge in [-0.1, -0.05) is 36.4 Å². The zero-order valence-corrected chi connectivity index (χ0v) is 18.2. The van der Waals surface area contributed by atoms with Gasteiger partial charge in [-0.3, -0.25) is 10.0 Å². The highest BCUT2D eigenvalue weighted by atomic mass is 32.2. The number of amides is 1. The topological polar surface area (TPSA) is 92.7 Å². The molecule has 2 rings (SSSR count). The van der Waals surface area contributed by atoms with Gasteiger partial charge in [-0.2, -0.15) is 22.0 Å². The highest BCUT2D eigenvalue weighted by molar-refractivity contribution is 7.92. The summed E-state index contributed by atoms with van der Waals surface area (Å²) in [6.07, 6.45) is -7.62. The molecule has 0 saturated heterocycles. The Kier molecular flexibility index (Phi) is 8.55. The molecule has 0 heterocycles. The molecule has 0 radical (unpaired) electrons. The Balaban J connectivity index is 2.17. The number of benzene rings is 2. The highest BCUT2D eigenvalue weighted by Crippen LogP contribution is 2.38. The number of alkyl halides is 5. The van der Waals surface area contributed by atoms with Crippen molar-refractivity contribution in [3.05, 3.63) is 54.1 Å². The zero-order valence-electron chi connectivity index (χ0n) is 17.4. The van der Waals surface area contributed by atoms with Gasteiger partial charge in [0.05, 0.1) is 4.90 Å². The number of sulfone groups is 1. The molecule has 0 fully saturated rings. The fourth-order valence-corrected chi connectivity index (χ4v) is 4.62. The third kappa shape index (κ3) is 6.49. The van der Waals surface area contributed by atoms with Crippen molar-refractivity contribution in [2.45, 2.75) is 41.5 Å². The van der Waals surface area contributed by atoms with Gasteiger partial charge in [-0.25, -0.2) is 13.9 Å². The summed E-state index contributed by atoms with van der Waals surface area (Å²) >= 11 is 0. The molecule has 12 heteroatoms. The molecule has 1 unspecified atom stereocenters. The fraction of sp³-hybridized carbons (Fsp3) is 0.381. The van der Waals surface area contributed by atoms with Crippen LogP contribution in [0.25, 0.3) is 11.1 Å². The quantitative estimate of drug-likeness (QED) is 0.293. The minimum atomic E-state index is -5.60. The first kappa shape index (κ1) is 26.7. The Morgan fingerprint density at radius 1 is 1.00 bits per heavy atom. The zero-order chi connectivity index (χ0) is 24.9. The largest absolute Gasteiger partial charge is 0.453 e. The number of methoxy groups -OCH3 is 1. The molecule has 2 aromatic carbocycles. The standard InChI is InChI=1S/C21H22F5NO5S/c1-32-13-11-18(19(28)27-29)33(30,31)17-8-6-16(7-9-17)15-4-2-14(3-5-15)10-12-20(22,23)21(24,25)26/h2-9,18,29H,10-13H2,1H3,(H,27,28). The summed E-state index contributed by atoms with van der Waals surface area (Å²) < 4.78 is 93.4. The van der Waals surface area contributed by atoms with Crippen molar-refractivity contribution in [2.75, 3.05) is 13.7 Å². The van der Waals surface area contributed by atoms with E-state index in [2.05, 4.69) is 0 Å². The predicted octanol–water partition coefficient (Wildman–Crippen LogP) is 4.17. The maximum absolute atomic E-state index is 13.1. The minimum absolute atomic E-state index is 0.0311. The smallest absolute Gasteiger partial charge is 0.385 e.